The molecule has 0 radical (unpaired) electrons. The molecule has 0 aliphatic heterocycles. The summed E-state index contributed by atoms with van der Waals surface area (Å²) < 4.78 is 6.60. The van der Waals surface area contributed by atoms with Gasteiger partial charge in [0.15, 0.2) is 5.69 Å². The number of carbonyl (C=O) groups is 2. The highest BCUT2D eigenvalue weighted by atomic mass is 32.1. The number of ether oxygens (including phenoxy) is 1. The average Bonchev–Trinajstić information content (AvgIpc) is 2.95. The molecular weight excluding hydrogens is 290 g/mol. The minimum absolute atomic E-state index is 0.292. The molecule has 0 saturated carbocycles. The highest BCUT2D eigenvalue weighted by Crippen LogP contribution is 2.33. The molecule has 0 aliphatic rings. The molecule has 0 aromatic carbocycles. The lowest BCUT2D eigenvalue weighted by atomic mass is 10.1. The number of carbonyl (C=O) groups excluding carboxylic acids is 2. The van der Waals surface area contributed by atoms with Gasteiger partial charge in [0.1, 0.15) is 5.00 Å². The summed E-state index contributed by atoms with van der Waals surface area (Å²) in [6, 6.07) is 1.62. The maximum atomic E-state index is 12.1. The molecule has 0 unspecified atom stereocenters. The number of thiophene rings is 1. The SMILES string of the molecule is CCOC(=O)c1c(NC(=O)c2ccn(C)n2)sc(C)c1C. The lowest BCUT2D eigenvalue weighted by molar-refractivity contribution is 0.0527. The molecule has 2 heterocycles. The van der Waals surface area contributed by atoms with Crippen molar-refractivity contribution in [3.63, 3.8) is 0 Å². The van der Waals surface area contributed by atoms with Crippen molar-refractivity contribution in [1.82, 2.24) is 9.78 Å². The first-order valence-electron chi connectivity index (χ1n) is 6.52. The normalized spacial score (nSPS) is 10.5. The quantitative estimate of drug-likeness (QED) is 0.881. The van der Waals surface area contributed by atoms with Gasteiger partial charge < -0.3 is 10.1 Å². The summed E-state index contributed by atoms with van der Waals surface area (Å²) in [5.41, 5.74) is 1.55. The molecule has 0 fully saturated rings. The summed E-state index contributed by atoms with van der Waals surface area (Å²) in [4.78, 5) is 25.2. The van der Waals surface area contributed by atoms with Crippen molar-refractivity contribution in [3.8, 4) is 0 Å². The number of nitrogens with zero attached hydrogens (tertiary/aromatic N) is 2. The largest absolute Gasteiger partial charge is 0.462 e. The number of amides is 1. The summed E-state index contributed by atoms with van der Waals surface area (Å²) in [6.45, 7) is 5.78. The zero-order chi connectivity index (χ0) is 15.6. The molecule has 0 bridgehead atoms. The highest BCUT2D eigenvalue weighted by Gasteiger charge is 2.22. The minimum Gasteiger partial charge on any atom is -0.462 e. The number of anilines is 1. The lowest BCUT2D eigenvalue weighted by Crippen LogP contribution is -2.15. The first kappa shape index (κ1) is 15.2. The van der Waals surface area contributed by atoms with Gasteiger partial charge in [0.05, 0.1) is 12.2 Å². The smallest absolute Gasteiger partial charge is 0.341 e. The third kappa shape index (κ3) is 3.13. The molecule has 2 rings (SSSR count). The van der Waals surface area contributed by atoms with Crippen molar-refractivity contribution in [2.75, 3.05) is 11.9 Å². The molecule has 0 saturated heterocycles. The summed E-state index contributed by atoms with van der Waals surface area (Å²) in [7, 11) is 1.74. The van der Waals surface area contributed by atoms with Gasteiger partial charge in [-0.25, -0.2) is 4.79 Å². The monoisotopic (exact) mass is 307 g/mol. The van der Waals surface area contributed by atoms with Crippen LogP contribution in [0.2, 0.25) is 0 Å². The Hall–Kier alpha value is -2.15. The van der Waals surface area contributed by atoms with Gasteiger partial charge in [0.2, 0.25) is 0 Å². The molecule has 0 aliphatic carbocycles. The van der Waals surface area contributed by atoms with E-state index < -0.39 is 5.97 Å². The van der Waals surface area contributed by atoms with Crippen LogP contribution in [0, 0.1) is 13.8 Å². The van der Waals surface area contributed by atoms with Gasteiger partial charge in [-0.3, -0.25) is 9.48 Å². The van der Waals surface area contributed by atoms with E-state index in [1.807, 2.05) is 13.8 Å². The molecule has 112 valence electrons. The van der Waals surface area contributed by atoms with Crippen LogP contribution in [0.25, 0.3) is 0 Å². The maximum Gasteiger partial charge on any atom is 0.341 e. The topological polar surface area (TPSA) is 73.2 Å². The molecule has 2 aromatic rings. The molecular formula is C14H17N3O3S. The first-order chi connectivity index (χ1) is 9.93. The van der Waals surface area contributed by atoms with E-state index in [9.17, 15) is 9.59 Å². The van der Waals surface area contributed by atoms with E-state index in [2.05, 4.69) is 10.4 Å². The van der Waals surface area contributed by atoms with Crippen LogP contribution in [0.15, 0.2) is 12.3 Å². The second-order valence-corrected chi connectivity index (χ2v) is 5.76. The molecule has 1 amide bonds. The van der Waals surface area contributed by atoms with E-state index in [0.717, 1.165) is 10.4 Å². The van der Waals surface area contributed by atoms with Gasteiger partial charge >= 0.3 is 5.97 Å². The highest BCUT2D eigenvalue weighted by molar-refractivity contribution is 7.16. The Morgan fingerprint density at radius 2 is 2.14 bits per heavy atom. The zero-order valence-corrected chi connectivity index (χ0v) is 13.2. The predicted octanol–water partition coefficient (Wildman–Crippen LogP) is 2.53. The van der Waals surface area contributed by atoms with Gasteiger partial charge in [-0.2, -0.15) is 5.10 Å². The molecule has 6 nitrogen and oxygen atoms in total. The van der Waals surface area contributed by atoms with Crippen LogP contribution in [-0.2, 0) is 11.8 Å². The standard InChI is InChI=1S/C14H17N3O3S/c1-5-20-14(19)11-8(2)9(3)21-13(11)15-12(18)10-6-7-17(4)16-10/h6-7H,5H2,1-4H3,(H,15,18). The Balaban J connectivity index is 2.29. The Morgan fingerprint density at radius 1 is 1.43 bits per heavy atom. The van der Waals surface area contributed by atoms with Gasteiger partial charge in [0, 0.05) is 18.1 Å². The van der Waals surface area contributed by atoms with E-state index in [1.165, 1.54) is 11.3 Å². The van der Waals surface area contributed by atoms with Gasteiger partial charge in [0.25, 0.3) is 5.91 Å². The van der Waals surface area contributed by atoms with E-state index in [-0.39, 0.29) is 5.91 Å². The third-order valence-corrected chi connectivity index (χ3v) is 4.16. The lowest BCUT2D eigenvalue weighted by Gasteiger charge is -2.06. The molecule has 21 heavy (non-hydrogen) atoms. The molecule has 0 spiro atoms. The van der Waals surface area contributed by atoms with E-state index >= 15 is 0 Å². The van der Waals surface area contributed by atoms with Crippen molar-refractivity contribution < 1.29 is 14.3 Å². The number of esters is 1. The summed E-state index contributed by atoms with van der Waals surface area (Å²) in [5, 5.41) is 7.28. The molecule has 2 aromatic heterocycles. The van der Waals surface area contributed by atoms with Crippen LogP contribution >= 0.6 is 11.3 Å². The zero-order valence-electron chi connectivity index (χ0n) is 12.4. The van der Waals surface area contributed by atoms with Crippen molar-refractivity contribution in [1.29, 1.82) is 0 Å². The Bertz CT molecular complexity index is 688. The Morgan fingerprint density at radius 3 is 2.71 bits per heavy atom. The Kier molecular flexibility index (Phi) is 4.42. The van der Waals surface area contributed by atoms with Crippen LogP contribution in [0.4, 0.5) is 5.00 Å². The number of rotatable bonds is 4. The van der Waals surface area contributed by atoms with Crippen LogP contribution in [0.1, 0.15) is 38.2 Å². The van der Waals surface area contributed by atoms with E-state index in [1.54, 1.807) is 30.9 Å². The van der Waals surface area contributed by atoms with Crippen LogP contribution in [0.3, 0.4) is 0 Å². The van der Waals surface area contributed by atoms with Crippen LogP contribution < -0.4 is 5.32 Å². The number of aromatic nitrogens is 2. The van der Waals surface area contributed by atoms with Crippen molar-refractivity contribution in [3.05, 3.63) is 34.0 Å². The fraction of sp³-hybridized carbons (Fsp3) is 0.357. The second kappa shape index (κ2) is 6.09. The fourth-order valence-corrected chi connectivity index (χ4v) is 2.91. The van der Waals surface area contributed by atoms with Gasteiger partial charge in [-0.05, 0) is 32.4 Å². The predicted molar refractivity (Wildman–Crippen MR) is 80.9 cm³/mol. The third-order valence-electron chi connectivity index (χ3n) is 3.04. The molecule has 0 atom stereocenters. The number of hydrogen-bond donors (Lipinski definition) is 1. The summed E-state index contributed by atoms with van der Waals surface area (Å²) >= 11 is 1.36. The second-order valence-electron chi connectivity index (χ2n) is 4.54. The maximum absolute atomic E-state index is 12.1. The van der Waals surface area contributed by atoms with Crippen molar-refractivity contribution in [2.24, 2.45) is 7.05 Å². The summed E-state index contributed by atoms with van der Waals surface area (Å²) in [6.07, 6.45) is 1.69. The Labute approximate surface area is 126 Å². The van der Waals surface area contributed by atoms with Gasteiger partial charge in [-0.15, -0.1) is 11.3 Å². The average molecular weight is 307 g/mol. The summed E-state index contributed by atoms with van der Waals surface area (Å²) in [5.74, 6) is -0.766. The molecule has 7 heteroatoms. The molecule has 1 N–H and O–H groups in total. The number of aryl methyl sites for hydroxylation is 2. The number of hydrogen-bond acceptors (Lipinski definition) is 5. The van der Waals surface area contributed by atoms with E-state index in [4.69, 9.17) is 4.74 Å². The van der Waals surface area contributed by atoms with Crippen LogP contribution in [0.5, 0.6) is 0 Å². The van der Waals surface area contributed by atoms with Crippen LogP contribution in [-0.4, -0.2) is 28.3 Å². The first-order valence-corrected chi connectivity index (χ1v) is 7.33. The fourth-order valence-electron chi connectivity index (χ4n) is 1.87. The van der Waals surface area contributed by atoms with Crippen molar-refractivity contribution in [2.45, 2.75) is 20.8 Å². The minimum atomic E-state index is -0.421. The number of nitrogens with one attached hydrogen (secondary N) is 1. The van der Waals surface area contributed by atoms with Gasteiger partial charge in [-0.1, -0.05) is 0 Å². The van der Waals surface area contributed by atoms with E-state index in [0.29, 0.717) is 22.9 Å². The van der Waals surface area contributed by atoms with Crippen molar-refractivity contribution >= 4 is 28.2 Å².